The summed E-state index contributed by atoms with van der Waals surface area (Å²) in [7, 11) is 0. The summed E-state index contributed by atoms with van der Waals surface area (Å²) in [4.78, 5) is 22.5. The predicted octanol–water partition coefficient (Wildman–Crippen LogP) is 2.26. The zero-order chi connectivity index (χ0) is 11.9. The summed E-state index contributed by atoms with van der Waals surface area (Å²) in [5.74, 6) is -0.958. The third-order valence-corrected chi connectivity index (χ3v) is 3.90. The summed E-state index contributed by atoms with van der Waals surface area (Å²) in [5.41, 5.74) is 1.90. The first-order valence-electron chi connectivity index (χ1n) is 4.75. The minimum Gasteiger partial charge on any atom is -0.295 e. The first kappa shape index (κ1) is 11.8. The topological polar surface area (TPSA) is 46.2 Å². The molecule has 0 saturated carbocycles. The van der Waals surface area contributed by atoms with E-state index in [1.165, 1.54) is 0 Å². The van der Waals surface area contributed by atoms with Crippen LogP contribution in [0.15, 0.2) is 22.7 Å². The molecule has 0 aromatic heterocycles. The van der Waals surface area contributed by atoms with E-state index in [9.17, 15) is 9.59 Å². The number of imide groups is 1. The molecule has 0 aliphatic carbocycles. The van der Waals surface area contributed by atoms with E-state index >= 15 is 0 Å². The van der Waals surface area contributed by atoms with E-state index in [2.05, 4.69) is 37.2 Å². The smallest absolute Gasteiger partial charge is 0.241 e. The van der Waals surface area contributed by atoms with E-state index in [0.717, 1.165) is 15.6 Å². The second-order valence-electron chi connectivity index (χ2n) is 3.79. The van der Waals surface area contributed by atoms with Gasteiger partial charge in [0, 0.05) is 4.47 Å². The molecule has 1 aliphatic rings. The number of benzene rings is 1. The van der Waals surface area contributed by atoms with Crippen molar-refractivity contribution in [1.82, 2.24) is 5.32 Å². The maximum absolute atomic E-state index is 11.6. The van der Waals surface area contributed by atoms with Crippen molar-refractivity contribution in [3.8, 4) is 0 Å². The number of carbonyl (C=O) groups is 2. The van der Waals surface area contributed by atoms with Crippen LogP contribution in [0.25, 0.3) is 0 Å². The van der Waals surface area contributed by atoms with Crippen molar-refractivity contribution in [3.63, 3.8) is 0 Å². The van der Waals surface area contributed by atoms with Gasteiger partial charge in [0.15, 0.2) is 0 Å². The van der Waals surface area contributed by atoms with Gasteiger partial charge in [0.05, 0.1) is 5.92 Å². The number of aryl methyl sites for hydroxylation is 1. The van der Waals surface area contributed by atoms with Gasteiger partial charge in [0.25, 0.3) is 0 Å². The zero-order valence-electron chi connectivity index (χ0n) is 8.46. The number of amides is 2. The highest BCUT2D eigenvalue weighted by atomic mass is 79.9. The summed E-state index contributed by atoms with van der Waals surface area (Å²) in [6, 6.07) is 5.74. The molecule has 1 aromatic carbocycles. The van der Waals surface area contributed by atoms with Crippen LogP contribution in [-0.2, 0) is 9.59 Å². The Labute approximate surface area is 110 Å². The molecule has 2 atom stereocenters. The van der Waals surface area contributed by atoms with Crippen molar-refractivity contribution in [1.29, 1.82) is 0 Å². The van der Waals surface area contributed by atoms with Crippen LogP contribution in [0.2, 0.25) is 0 Å². The molecule has 1 saturated heterocycles. The molecule has 1 aliphatic heterocycles. The number of carbonyl (C=O) groups excluding carboxylic acids is 2. The van der Waals surface area contributed by atoms with Crippen LogP contribution in [0, 0.1) is 6.92 Å². The standard InChI is InChI=1S/C11H9Br2NO2/c1-5-2-6(4-7(12)3-5)8-9(13)11(16)14-10(8)15/h2-4,8-9H,1H3,(H,14,15,16). The summed E-state index contributed by atoms with van der Waals surface area (Å²) in [6.45, 7) is 1.95. The molecule has 2 amide bonds. The van der Waals surface area contributed by atoms with Crippen LogP contribution >= 0.6 is 31.9 Å². The number of rotatable bonds is 1. The molecule has 84 valence electrons. The maximum atomic E-state index is 11.6. The minimum atomic E-state index is -0.478. The Bertz CT molecular complexity index is 453. The van der Waals surface area contributed by atoms with Crippen molar-refractivity contribution >= 4 is 43.7 Å². The number of alkyl halides is 1. The third kappa shape index (κ3) is 2.06. The summed E-state index contributed by atoms with van der Waals surface area (Å²) in [6.07, 6.45) is 0. The molecule has 0 radical (unpaired) electrons. The average Bonchev–Trinajstić information content (AvgIpc) is 2.39. The molecule has 3 nitrogen and oxygen atoms in total. The molecular weight excluding hydrogens is 338 g/mol. The number of hydrogen-bond acceptors (Lipinski definition) is 2. The maximum Gasteiger partial charge on any atom is 0.241 e. The van der Waals surface area contributed by atoms with Gasteiger partial charge in [-0.25, -0.2) is 0 Å². The lowest BCUT2D eigenvalue weighted by Crippen LogP contribution is -2.22. The van der Waals surface area contributed by atoms with Gasteiger partial charge in [-0.3, -0.25) is 14.9 Å². The average molecular weight is 347 g/mol. The molecule has 5 heteroatoms. The van der Waals surface area contributed by atoms with E-state index in [4.69, 9.17) is 0 Å². The Balaban J connectivity index is 2.44. The van der Waals surface area contributed by atoms with Gasteiger partial charge in [-0.2, -0.15) is 0 Å². The van der Waals surface area contributed by atoms with E-state index in [0.29, 0.717) is 0 Å². The summed E-state index contributed by atoms with van der Waals surface area (Å²) >= 11 is 6.63. The molecule has 1 fully saturated rings. The van der Waals surface area contributed by atoms with Gasteiger partial charge < -0.3 is 0 Å². The number of hydrogen-bond donors (Lipinski definition) is 1. The van der Waals surface area contributed by atoms with Crippen LogP contribution in [0.4, 0.5) is 0 Å². The van der Waals surface area contributed by atoms with Crippen LogP contribution in [0.5, 0.6) is 0 Å². The quantitative estimate of drug-likeness (QED) is 0.626. The first-order chi connectivity index (χ1) is 7.49. The van der Waals surface area contributed by atoms with Gasteiger partial charge in [0.2, 0.25) is 11.8 Å². The van der Waals surface area contributed by atoms with Gasteiger partial charge >= 0.3 is 0 Å². The second-order valence-corrected chi connectivity index (χ2v) is 5.70. The molecule has 1 heterocycles. The van der Waals surface area contributed by atoms with Crippen LogP contribution in [0.3, 0.4) is 0 Å². The predicted molar refractivity (Wildman–Crippen MR) is 67.5 cm³/mol. The molecule has 1 aromatic rings. The summed E-state index contributed by atoms with van der Waals surface area (Å²) < 4.78 is 0.911. The van der Waals surface area contributed by atoms with E-state index in [-0.39, 0.29) is 11.8 Å². The highest BCUT2D eigenvalue weighted by Crippen LogP contribution is 2.32. The fourth-order valence-corrected chi connectivity index (χ4v) is 3.10. The molecular formula is C11H9Br2NO2. The lowest BCUT2D eigenvalue weighted by atomic mass is 9.96. The molecule has 16 heavy (non-hydrogen) atoms. The highest BCUT2D eigenvalue weighted by molar-refractivity contribution is 9.10. The SMILES string of the molecule is Cc1cc(Br)cc(C2C(=O)NC(=O)C2Br)c1. The van der Waals surface area contributed by atoms with Crippen LogP contribution in [-0.4, -0.2) is 16.6 Å². The van der Waals surface area contributed by atoms with Crippen molar-refractivity contribution in [2.45, 2.75) is 17.7 Å². The van der Waals surface area contributed by atoms with Crippen LogP contribution < -0.4 is 5.32 Å². The number of nitrogens with one attached hydrogen (secondary N) is 1. The van der Waals surface area contributed by atoms with Gasteiger partial charge in [-0.05, 0) is 30.2 Å². The monoisotopic (exact) mass is 345 g/mol. The molecule has 1 N–H and O–H groups in total. The molecule has 0 spiro atoms. The van der Waals surface area contributed by atoms with Crippen molar-refractivity contribution < 1.29 is 9.59 Å². The Morgan fingerprint density at radius 2 is 1.88 bits per heavy atom. The van der Waals surface area contributed by atoms with Gasteiger partial charge in [0.1, 0.15) is 4.83 Å². The molecule has 2 rings (SSSR count). The van der Waals surface area contributed by atoms with Crippen molar-refractivity contribution in [2.75, 3.05) is 0 Å². The summed E-state index contributed by atoms with van der Waals surface area (Å²) in [5, 5.41) is 2.31. The Kier molecular flexibility index (Phi) is 3.17. The Morgan fingerprint density at radius 1 is 1.19 bits per heavy atom. The normalized spacial score (nSPS) is 24.7. The lowest BCUT2D eigenvalue weighted by molar-refractivity contribution is -0.125. The van der Waals surface area contributed by atoms with E-state index in [1.807, 2.05) is 25.1 Å². The first-order valence-corrected chi connectivity index (χ1v) is 6.46. The zero-order valence-corrected chi connectivity index (χ0v) is 11.6. The highest BCUT2D eigenvalue weighted by Gasteiger charge is 2.40. The minimum absolute atomic E-state index is 0.246. The lowest BCUT2D eigenvalue weighted by Gasteiger charge is -2.11. The fraction of sp³-hybridized carbons (Fsp3) is 0.273. The van der Waals surface area contributed by atoms with E-state index < -0.39 is 10.7 Å². The van der Waals surface area contributed by atoms with E-state index in [1.54, 1.807) is 0 Å². The van der Waals surface area contributed by atoms with Crippen molar-refractivity contribution in [2.24, 2.45) is 0 Å². The third-order valence-electron chi connectivity index (χ3n) is 2.50. The fourth-order valence-electron chi connectivity index (χ4n) is 1.82. The van der Waals surface area contributed by atoms with Crippen LogP contribution in [0.1, 0.15) is 17.0 Å². The van der Waals surface area contributed by atoms with Gasteiger partial charge in [-0.1, -0.05) is 37.9 Å². The molecule has 2 unspecified atom stereocenters. The Hall–Kier alpha value is -0.680. The molecule has 0 bridgehead atoms. The largest absolute Gasteiger partial charge is 0.295 e. The second kappa shape index (κ2) is 4.30. The Morgan fingerprint density at radius 3 is 2.38 bits per heavy atom. The number of halogens is 2. The van der Waals surface area contributed by atoms with Crippen molar-refractivity contribution in [3.05, 3.63) is 33.8 Å². The van der Waals surface area contributed by atoms with Gasteiger partial charge in [-0.15, -0.1) is 0 Å².